The predicted molar refractivity (Wildman–Crippen MR) is 97.6 cm³/mol. The van der Waals surface area contributed by atoms with Gasteiger partial charge < -0.3 is 9.64 Å². The van der Waals surface area contributed by atoms with Crippen LogP contribution in [0.1, 0.15) is 44.7 Å². The van der Waals surface area contributed by atoms with Crippen molar-refractivity contribution < 1.29 is 9.53 Å². The Kier molecular flexibility index (Phi) is 4.24. The van der Waals surface area contributed by atoms with E-state index in [0.29, 0.717) is 12.2 Å². The second-order valence-corrected chi connectivity index (χ2v) is 7.48. The molecule has 0 amide bonds. The summed E-state index contributed by atoms with van der Waals surface area (Å²) in [7, 11) is 0. The molecule has 26 heavy (non-hydrogen) atoms. The number of nitriles is 1. The Morgan fingerprint density at radius 3 is 2.88 bits per heavy atom. The van der Waals surface area contributed by atoms with Gasteiger partial charge in [-0.3, -0.25) is 9.69 Å². The molecule has 2 bridgehead atoms. The van der Waals surface area contributed by atoms with Crippen LogP contribution in [0.5, 0.6) is 0 Å². The molecule has 0 N–H and O–H groups in total. The molecule has 0 unspecified atom stereocenters. The lowest BCUT2D eigenvalue weighted by molar-refractivity contribution is -0.148. The molecule has 2 fully saturated rings. The van der Waals surface area contributed by atoms with Crippen LogP contribution in [-0.4, -0.2) is 40.6 Å². The van der Waals surface area contributed by atoms with Crippen LogP contribution in [-0.2, 0) is 9.53 Å². The fraction of sp³-hybridized carbons (Fsp3) is 0.524. The number of hydrogen-bond donors (Lipinski definition) is 0. The number of fused-ring (bicyclic) bond motifs is 1. The molecule has 0 aliphatic carbocycles. The van der Waals surface area contributed by atoms with Gasteiger partial charge in [-0.25, -0.2) is 0 Å². The lowest BCUT2D eigenvalue weighted by Gasteiger charge is -2.50. The van der Waals surface area contributed by atoms with Gasteiger partial charge in [0.25, 0.3) is 0 Å². The first-order chi connectivity index (χ1) is 12.6. The standard InChI is InChI=1S/C21H25N3O2/c1-3-26-20(25)18-12-21-10-7-11-23(21)14-17(13-22)19(18)24(21)15(2)16-8-5-4-6-9-16/h4-6,8-9,14-15,18-19H,3,7,10-12H2,1-2H3/t15-,18+,19+,21+/m0/s1. The lowest BCUT2D eigenvalue weighted by Crippen LogP contribution is -2.58. The SMILES string of the molecule is CCOC(=O)[C@@H]1C[C@]23CCCN2C=C(C#N)[C@H]1N3[C@@H](C)c1ccccc1. The molecular weight excluding hydrogens is 326 g/mol. The van der Waals surface area contributed by atoms with E-state index in [1.807, 2.05) is 31.3 Å². The van der Waals surface area contributed by atoms with Crippen molar-refractivity contribution in [1.82, 2.24) is 9.80 Å². The van der Waals surface area contributed by atoms with Gasteiger partial charge in [-0.15, -0.1) is 0 Å². The molecule has 1 aromatic carbocycles. The highest BCUT2D eigenvalue weighted by Gasteiger charge is 2.62. The molecule has 1 aromatic rings. The van der Waals surface area contributed by atoms with Crippen molar-refractivity contribution in [2.75, 3.05) is 13.2 Å². The summed E-state index contributed by atoms with van der Waals surface area (Å²) in [5, 5.41) is 9.80. The van der Waals surface area contributed by atoms with Gasteiger partial charge in [0.05, 0.1) is 35.9 Å². The van der Waals surface area contributed by atoms with Crippen LogP contribution in [0.4, 0.5) is 0 Å². The Balaban J connectivity index is 1.80. The van der Waals surface area contributed by atoms with Crippen molar-refractivity contribution in [3.8, 4) is 6.07 Å². The highest BCUT2D eigenvalue weighted by atomic mass is 16.5. The van der Waals surface area contributed by atoms with Crippen LogP contribution in [0.15, 0.2) is 42.1 Å². The van der Waals surface area contributed by atoms with Crippen LogP contribution in [0.3, 0.4) is 0 Å². The highest BCUT2D eigenvalue weighted by molar-refractivity contribution is 5.75. The first-order valence-corrected chi connectivity index (χ1v) is 9.51. The van der Waals surface area contributed by atoms with Gasteiger partial charge in [0.2, 0.25) is 0 Å². The average Bonchev–Trinajstić information content (AvgIpc) is 3.20. The molecule has 3 heterocycles. The molecule has 3 aliphatic rings. The molecule has 5 nitrogen and oxygen atoms in total. The number of nitrogens with zero attached hydrogens (tertiary/aromatic N) is 3. The van der Waals surface area contributed by atoms with Crippen LogP contribution < -0.4 is 0 Å². The molecule has 5 heteroatoms. The second-order valence-electron chi connectivity index (χ2n) is 7.48. The summed E-state index contributed by atoms with van der Waals surface area (Å²) in [5.74, 6) is -0.454. The quantitative estimate of drug-likeness (QED) is 0.780. The molecular formula is C21H25N3O2. The number of carbonyl (C=O) groups is 1. The van der Waals surface area contributed by atoms with E-state index >= 15 is 0 Å². The van der Waals surface area contributed by atoms with Crippen molar-refractivity contribution >= 4 is 5.97 Å². The van der Waals surface area contributed by atoms with E-state index < -0.39 is 0 Å². The third kappa shape index (κ3) is 2.36. The molecule has 136 valence electrons. The van der Waals surface area contributed by atoms with Gasteiger partial charge >= 0.3 is 5.97 Å². The Labute approximate surface area is 154 Å². The van der Waals surface area contributed by atoms with E-state index in [1.165, 1.54) is 5.56 Å². The largest absolute Gasteiger partial charge is 0.466 e. The summed E-state index contributed by atoms with van der Waals surface area (Å²) in [6.07, 6.45) is 4.84. The first kappa shape index (κ1) is 17.1. The number of benzene rings is 1. The van der Waals surface area contributed by atoms with Crippen LogP contribution in [0, 0.1) is 17.2 Å². The third-order valence-corrected chi connectivity index (χ3v) is 6.25. The maximum Gasteiger partial charge on any atom is 0.311 e. The maximum absolute atomic E-state index is 12.7. The normalized spacial score (nSPS) is 31.1. The van der Waals surface area contributed by atoms with Gasteiger partial charge in [0.1, 0.15) is 0 Å². The zero-order chi connectivity index (χ0) is 18.3. The topological polar surface area (TPSA) is 56.6 Å². The fourth-order valence-electron chi connectivity index (χ4n) is 5.25. The summed E-state index contributed by atoms with van der Waals surface area (Å²) < 4.78 is 5.39. The summed E-state index contributed by atoms with van der Waals surface area (Å²) in [6, 6.07) is 12.7. The first-order valence-electron chi connectivity index (χ1n) is 9.51. The van der Waals surface area contributed by atoms with Gasteiger partial charge in [-0.1, -0.05) is 30.3 Å². The summed E-state index contributed by atoms with van der Waals surface area (Å²) >= 11 is 0. The predicted octanol–water partition coefficient (Wildman–Crippen LogP) is 3.21. The molecule has 0 saturated carbocycles. The van der Waals surface area contributed by atoms with E-state index in [1.54, 1.807) is 0 Å². The second kappa shape index (κ2) is 6.44. The van der Waals surface area contributed by atoms with Crippen molar-refractivity contribution in [3.63, 3.8) is 0 Å². The van der Waals surface area contributed by atoms with Gasteiger partial charge in [0.15, 0.2) is 0 Å². The van der Waals surface area contributed by atoms with E-state index in [2.05, 4.69) is 34.9 Å². The van der Waals surface area contributed by atoms with Crippen molar-refractivity contribution in [2.24, 2.45) is 5.92 Å². The molecule has 1 spiro atoms. The minimum Gasteiger partial charge on any atom is -0.466 e. The minimum atomic E-state index is -0.282. The average molecular weight is 351 g/mol. The molecule has 3 aliphatic heterocycles. The summed E-state index contributed by atoms with van der Waals surface area (Å²) in [6.45, 7) is 5.34. The number of carbonyl (C=O) groups excluding carboxylic acids is 1. The number of esters is 1. The van der Waals surface area contributed by atoms with E-state index in [9.17, 15) is 10.1 Å². The number of hydrogen-bond acceptors (Lipinski definition) is 5. The molecule has 4 atom stereocenters. The van der Waals surface area contributed by atoms with Gasteiger partial charge in [-0.05, 0) is 38.7 Å². The van der Waals surface area contributed by atoms with Crippen molar-refractivity contribution in [3.05, 3.63) is 47.7 Å². The minimum absolute atomic E-state index is 0.123. The smallest absolute Gasteiger partial charge is 0.311 e. The van der Waals surface area contributed by atoms with E-state index in [4.69, 9.17) is 4.74 Å². The van der Waals surface area contributed by atoms with Gasteiger partial charge in [-0.2, -0.15) is 5.26 Å². The van der Waals surface area contributed by atoms with Gasteiger partial charge in [0, 0.05) is 18.8 Å². The summed E-state index contributed by atoms with van der Waals surface area (Å²) in [5.41, 5.74) is 1.71. The lowest BCUT2D eigenvalue weighted by atomic mass is 9.93. The van der Waals surface area contributed by atoms with Crippen LogP contribution in [0.25, 0.3) is 0 Å². The van der Waals surface area contributed by atoms with Crippen molar-refractivity contribution in [1.29, 1.82) is 5.26 Å². The van der Waals surface area contributed by atoms with Crippen LogP contribution in [0.2, 0.25) is 0 Å². The zero-order valence-electron chi connectivity index (χ0n) is 15.4. The Hall–Kier alpha value is -2.32. The Morgan fingerprint density at radius 2 is 2.19 bits per heavy atom. The van der Waals surface area contributed by atoms with E-state index in [-0.39, 0.29) is 29.6 Å². The third-order valence-electron chi connectivity index (χ3n) is 6.25. The van der Waals surface area contributed by atoms with E-state index in [0.717, 1.165) is 25.8 Å². The number of ether oxygens (including phenoxy) is 1. The molecule has 0 aromatic heterocycles. The van der Waals surface area contributed by atoms with Crippen LogP contribution >= 0.6 is 0 Å². The van der Waals surface area contributed by atoms with Crippen molar-refractivity contribution in [2.45, 2.75) is 50.9 Å². The number of rotatable bonds is 4. The fourth-order valence-corrected chi connectivity index (χ4v) is 5.25. The molecule has 4 rings (SSSR count). The molecule has 0 radical (unpaired) electrons. The monoisotopic (exact) mass is 351 g/mol. The maximum atomic E-state index is 12.7. The Morgan fingerprint density at radius 1 is 1.42 bits per heavy atom. The highest BCUT2D eigenvalue weighted by Crippen LogP contribution is 2.55. The summed E-state index contributed by atoms with van der Waals surface area (Å²) in [4.78, 5) is 17.5. The zero-order valence-corrected chi connectivity index (χ0v) is 15.4. The Bertz CT molecular complexity index is 769. The molecule has 2 saturated heterocycles.